The second-order valence-corrected chi connectivity index (χ2v) is 7.79. The first-order chi connectivity index (χ1) is 12.5. The first-order valence-corrected chi connectivity index (χ1v) is 9.58. The maximum absolute atomic E-state index is 12.8. The Kier molecular flexibility index (Phi) is 4.39. The molecule has 134 valence electrons. The Balaban J connectivity index is 1.58. The van der Waals surface area contributed by atoms with Gasteiger partial charge in [0.25, 0.3) is 5.91 Å². The number of nitrogens with one attached hydrogen (secondary N) is 1. The second kappa shape index (κ2) is 6.71. The zero-order valence-electron chi connectivity index (χ0n) is 14.4. The van der Waals surface area contributed by atoms with Crippen LogP contribution in [0.2, 0.25) is 0 Å². The van der Waals surface area contributed by atoms with E-state index in [2.05, 4.69) is 34.0 Å². The van der Waals surface area contributed by atoms with Crippen molar-refractivity contribution in [2.75, 3.05) is 13.1 Å². The number of piperidine rings is 3. The molecule has 1 amide bonds. The highest BCUT2D eigenvalue weighted by Gasteiger charge is 2.40. The van der Waals surface area contributed by atoms with Gasteiger partial charge in [-0.1, -0.05) is 5.92 Å². The van der Waals surface area contributed by atoms with E-state index in [0.717, 1.165) is 36.0 Å². The highest BCUT2D eigenvalue weighted by atomic mass is 32.1. The maximum atomic E-state index is 12.8. The molecule has 0 unspecified atom stereocenters. The van der Waals surface area contributed by atoms with E-state index in [0.29, 0.717) is 23.2 Å². The average Bonchev–Trinajstić information content (AvgIpc) is 3.05. The van der Waals surface area contributed by atoms with E-state index in [4.69, 9.17) is 5.11 Å². The van der Waals surface area contributed by atoms with Gasteiger partial charge in [-0.25, -0.2) is 9.78 Å². The van der Waals surface area contributed by atoms with Crippen molar-refractivity contribution in [1.82, 2.24) is 15.2 Å². The van der Waals surface area contributed by atoms with Crippen LogP contribution in [-0.2, 0) is 4.79 Å². The van der Waals surface area contributed by atoms with Crippen molar-refractivity contribution in [3.63, 3.8) is 0 Å². The zero-order valence-corrected chi connectivity index (χ0v) is 15.2. The van der Waals surface area contributed by atoms with Crippen LogP contribution in [-0.4, -0.2) is 52.0 Å². The fourth-order valence-electron chi connectivity index (χ4n) is 4.05. The number of hydrogen-bond donors (Lipinski definition) is 2. The lowest BCUT2D eigenvalue weighted by molar-refractivity contribution is -0.130. The summed E-state index contributed by atoms with van der Waals surface area (Å²) in [6.07, 6.45) is 3.91. The molecule has 0 spiro atoms. The third-order valence-corrected chi connectivity index (χ3v) is 6.41. The van der Waals surface area contributed by atoms with Crippen LogP contribution in [0.3, 0.4) is 0 Å². The minimum Gasteiger partial charge on any atom is -0.472 e. The normalized spacial score (nSPS) is 27.0. The molecule has 3 saturated heterocycles. The van der Waals surface area contributed by atoms with Crippen molar-refractivity contribution in [1.29, 1.82) is 0 Å². The number of amides is 1. The number of aliphatic carboxylic acids is 1. The summed E-state index contributed by atoms with van der Waals surface area (Å²) in [5, 5.41) is 14.5. The van der Waals surface area contributed by atoms with Gasteiger partial charge >= 0.3 is 5.97 Å². The summed E-state index contributed by atoms with van der Waals surface area (Å²) in [5.74, 6) is 3.94. The van der Waals surface area contributed by atoms with Crippen molar-refractivity contribution >= 4 is 33.3 Å². The molecule has 0 radical (unpaired) electrons. The third-order valence-electron chi connectivity index (χ3n) is 5.47. The van der Waals surface area contributed by atoms with E-state index in [1.165, 1.54) is 11.3 Å². The largest absolute Gasteiger partial charge is 0.472 e. The number of rotatable bonds is 2. The monoisotopic (exact) mass is 369 g/mol. The summed E-state index contributed by atoms with van der Waals surface area (Å²) < 4.78 is 0.882. The molecule has 3 aliphatic heterocycles. The average molecular weight is 369 g/mol. The molecule has 0 saturated carbocycles. The molecule has 7 heteroatoms. The zero-order chi connectivity index (χ0) is 18.3. The number of carboxylic acids is 1. The molecule has 2 bridgehead atoms. The molecule has 0 aromatic carbocycles. The minimum absolute atomic E-state index is 0.149. The van der Waals surface area contributed by atoms with Gasteiger partial charge in [-0.05, 0) is 44.8 Å². The highest BCUT2D eigenvalue weighted by Crippen LogP contribution is 2.32. The Morgan fingerprint density at radius 3 is 2.85 bits per heavy atom. The van der Waals surface area contributed by atoms with Crippen molar-refractivity contribution in [2.24, 2.45) is 5.92 Å². The van der Waals surface area contributed by atoms with Crippen molar-refractivity contribution in [2.45, 2.75) is 31.8 Å². The summed E-state index contributed by atoms with van der Waals surface area (Å²) >= 11 is 1.44. The smallest absolute Gasteiger partial charge is 0.382 e. The predicted octanol–water partition coefficient (Wildman–Crippen LogP) is 1.94. The van der Waals surface area contributed by atoms with Crippen LogP contribution in [0.4, 0.5) is 0 Å². The molecule has 26 heavy (non-hydrogen) atoms. The van der Waals surface area contributed by atoms with Crippen molar-refractivity contribution in [3.8, 4) is 11.8 Å². The molecule has 3 fully saturated rings. The Morgan fingerprint density at radius 1 is 1.38 bits per heavy atom. The molecule has 2 atom stereocenters. The minimum atomic E-state index is -1.17. The lowest BCUT2D eigenvalue weighted by atomic mass is 9.79. The van der Waals surface area contributed by atoms with E-state index >= 15 is 0 Å². The summed E-state index contributed by atoms with van der Waals surface area (Å²) in [7, 11) is 0. The number of hydrogen-bond acceptors (Lipinski definition) is 5. The van der Waals surface area contributed by atoms with Gasteiger partial charge in [0.05, 0.1) is 4.70 Å². The Hall–Kier alpha value is -2.43. The Labute approximate surface area is 155 Å². The molecule has 2 aromatic rings. The summed E-state index contributed by atoms with van der Waals surface area (Å²) in [5.41, 5.74) is 0.956. The predicted molar refractivity (Wildman–Crippen MR) is 99.1 cm³/mol. The van der Waals surface area contributed by atoms with Crippen LogP contribution in [0.1, 0.15) is 35.8 Å². The number of thiophene rings is 1. The van der Waals surface area contributed by atoms with Gasteiger partial charge in [-0.15, -0.1) is 11.3 Å². The van der Waals surface area contributed by atoms with Crippen LogP contribution < -0.4 is 5.32 Å². The Morgan fingerprint density at radius 2 is 2.15 bits per heavy atom. The van der Waals surface area contributed by atoms with Crippen molar-refractivity contribution < 1.29 is 14.7 Å². The molecule has 5 rings (SSSR count). The number of nitrogens with zero attached hydrogens (tertiary/aromatic N) is 2. The number of aromatic nitrogens is 1. The number of pyridine rings is 1. The molecular weight excluding hydrogens is 350 g/mol. The fraction of sp³-hybridized carbons (Fsp3) is 0.421. The van der Waals surface area contributed by atoms with Crippen LogP contribution >= 0.6 is 11.3 Å². The van der Waals surface area contributed by atoms with Crippen molar-refractivity contribution in [3.05, 3.63) is 28.9 Å². The standard InChI is InChI=1S/C19H19N3O3S/c1-11-18(12-4-6-22(11)7-5-12)21-19(25)15-8-14-13(2-3-17(23)24)10-26-16(14)9-20-15/h8-12,18H,4-7H2,1H3,(H,21,25)(H,23,24)/t11-,18+/m1/s1. The molecule has 6 nitrogen and oxygen atoms in total. The molecular formula is C19H19N3O3S. The summed E-state index contributed by atoms with van der Waals surface area (Å²) in [4.78, 5) is 30.1. The molecule has 2 aromatic heterocycles. The van der Waals surface area contributed by atoms with Gasteiger partial charge in [0.2, 0.25) is 0 Å². The van der Waals surface area contributed by atoms with Gasteiger partial charge < -0.3 is 10.4 Å². The van der Waals surface area contributed by atoms with Crippen LogP contribution in [0.5, 0.6) is 0 Å². The van der Waals surface area contributed by atoms with Crippen LogP contribution in [0.25, 0.3) is 10.1 Å². The van der Waals surface area contributed by atoms with Gasteiger partial charge in [0, 0.05) is 40.5 Å². The van der Waals surface area contributed by atoms with Gasteiger partial charge in [0.15, 0.2) is 0 Å². The summed E-state index contributed by atoms with van der Waals surface area (Å²) in [6, 6.07) is 2.20. The number of carbonyl (C=O) groups excluding carboxylic acids is 1. The highest BCUT2D eigenvalue weighted by molar-refractivity contribution is 7.17. The molecule has 3 aliphatic rings. The molecule has 0 aliphatic carbocycles. The third kappa shape index (κ3) is 3.06. The SMILES string of the molecule is C[C@@H]1[C@H](NC(=O)c2cc3c(C#CC(=O)O)csc3cn2)C2CCN1CC2. The lowest BCUT2D eigenvalue weighted by Crippen LogP contribution is -2.62. The van der Waals surface area contributed by atoms with Gasteiger partial charge in [0.1, 0.15) is 5.69 Å². The number of carbonyl (C=O) groups is 2. The van der Waals surface area contributed by atoms with E-state index < -0.39 is 5.97 Å². The Bertz CT molecular complexity index is 932. The summed E-state index contributed by atoms with van der Waals surface area (Å²) in [6.45, 7) is 4.40. The maximum Gasteiger partial charge on any atom is 0.382 e. The van der Waals surface area contributed by atoms with Gasteiger partial charge in [-0.3, -0.25) is 9.69 Å². The van der Waals surface area contributed by atoms with Crippen LogP contribution in [0.15, 0.2) is 17.6 Å². The fourth-order valence-corrected chi connectivity index (χ4v) is 4.89. The van der Waals surface area contributed by atoms with E-state index in [1.54, 1.807) is 17.6 Å². The molecule has 2 N–H and O–H groups in total. The van der Waals surface area contributed by atoms with E-state index in [1.807, 2.05) is 0 Å². The lowest BCUT2D eigenvalue weighted by Gasteiger charge is -2.49. The second-order valence-electron chi connectivity index (χ2n) is 6.88. The first-order valence-electron chi connectivity index (χ1n) is 8.70. The number of carboxylic acid groups (broad SMARTS) is 1. The number of fused-ring (bicyclic) bond motifs is 4. The first kappa shape index (κ1) is 17.0. The van der Waals surface area contributed by atoms with Gasteiger partial charge in [-0.2, -0.15) is 0 Å². The van der Waals surface area contributed by atoms with E-state index in [-0.39, 0.29) is 11.9 Å². The van der Waals surface area contributed by atoms with E-state index in [9.17, 15) is 9.59 Å². The van der Waals surface area contributed by atoms with Crippen LogP contribution in [0, 0.1) is 17.8 Å². The molecule has 5 heterocycles. The topological polar surface area (TPSA) is 82.5 Å². The quantitative estimate of drug-likeness (QED) is 0.791.